The van der Waals surface area contributed by atoms with Crippen LogP contribution in [0.2, 0.25) is 0 Å². The number of hydrogen-bond acceptors (Lipinski definition) is 18. The van der Waals surface area contributed by atoms with Crippen molar-refractivity contribution in [2.45, 2.75) is 133 Å². The zero-order valence-corrected chi connectivity index (χ0v) is 40.0. The average molecular weight is 986 g/mol. The van der Waals surface area contributed by atoms with Crippen molar-refractivity contribution < 1.29 is 87.5 Å². The van der Waals surface area contributed by atoms with Crippen molar-refractivity contribution in [3.05, 3.63) is 119 Å². The standard InChI is InChI=1S/C52H59NO18/c1-26-33(68-47(63)39(58)37(29-16-10-7-11-17-29)53-45(61)30-18-12-8-13-19-30)23-52(64)44(70-46(62)31-20-14-9-15-21-31)42-50(6,43(60)41(67-27(2)54)36(26)49(52,4)5)34(22-35-51(42,25-66-35)71-28(3)55)69-48-40(59)38(57)32(56)24-65-48/h7-21,32-35,37-42,44,48,56-59,64H,22-25H2,1-6H3,(H,53,61)/t32-,33+,34-,35-,37+,38+,39-,40-,41+,42+,44+,48-,50-,51+,52-/m1/s1. The van der Waals surface area contributed by atoms with Crippen LogP contribution in [0.25, 0.3) is 0 Å². The lowest BCUT2D eigenvalue weighted by Gasteiger charge is -2.68. The molecular formula is C52H59NO18. The number of aliphatic hydroxyl groups is 5. The van der Waals surface area contributed by atoms with Crippen LogP contribution >= 0.6 is 0 Å². The van der Waals surface area contributed by atoms with E-state index in [4.69, 9.17) is 33.2 Å². The first kappa shape index (κ1) is 51.5. The number of nitrogens with one attached hydrogen (secondary N) is 1. The third-order valence-electron chi connectivity index (χ3n) is 15.2. The molecule has 1 amide bonds. The summed E-state index contributed by atoms with van der Waals surface area (Å²) >= 11 is 0. The van der Waals surface area contributed by atoms with Crippen molar-refractivity contribution in [1.82, 2.24) is 5.32 Å². The topological polar surface area (TPSA) is 280 Å². The molecule has 4 fully saturated rings. The van der Waals surface area contributed by atoms with E-state index in [9.17, 15) is 49.5 Å². The lowest BCUT2D eigenvalue weighted by molar-refractivity contribution is -0.366. The van der Waals surface area contributed by atoms with Gasteiger partial charge in [-0.3, -0.25) is 19.2 Å². The summed E-state index contributed by atoms with van der Waals surface area (Å²) in [6.45, 7) is 7.24. The fourth-order valence-electron chi connectivity index (χ4n) is 11.4. The predicted molar refractivity (Wildman–Crippen MR) is 244 cm³/mol. The van der Waals surface area contributed by atoms with Crippen LogP contribution in [0, 0.1) is 16.7 Å². The molecule has 0 aromatic heterocycles. The summed E-state index contributed by atoms with van der Waals surface area (Å²) in [4.78, 5) is 85.6. The number of amides is 1. The van der Waals surface area contributed by atoms with Crippen LogP contribution in [0.4, 0.5) is 0 Å². The quantitative estimate of drug-likeness (QED) is 0.0862. The van der Waals surface area contributed by atoms with Crippen LogP contribution in [0.1, 0.15) is 86.7 Å². The molecule has 2 saturated heterocycles. The lowest BCUT2D eigenvalue weighted by atomic mass is 9.44. The van der Waals surface area contributed by atoms with Crippen molar-refractivity contribution >= 4 is 35.6 Å². The monoisotopic (exact) mass is 985 g/mol. The maximum absolute atomic E-state index is 16.2. The molecule has 0 radical (unpaired) electrons. The highest BCUT2D eigenvalue weighted by Gasteiger charge is 2.79. The second-order valence-electron chi connectivity index (χ2n) is 19.7. The number of ether oxygens (including phenoxy) is 7. The second-order valence-corrected chi connectivity index (χ2v) is 19.7. The largest absolute Gasteiger partial charge is 0.456 e. The summed E-state index contributed by atoms with van der Waals surface area (Å²) in [5, 5.41) is 60.8. The number of carbonyl (C=O) groups excluding carboxylic acids is 6. The SMILES string of the molecule is CC(=O)O[C@@H]1C(=O)[C@@]2(C)[C@H]([C@H](OC(=O)c3ccccc3)[C@]3(O)C[C@H](OC(=O)[C@H](O)[C@@H](NC(=O)c4ccccc4)c4ccccc4)C(C)=C1C3(C)C)[C@]1(OC(C)=O)CO[C@@H]1C[C@H]2O[C@H]1OC[C@@H](O)[C@H](O)[C@H]1O. The zero-order chi connectivity index (χ0) is 51.4. The minimum Gasteiger partial charge on any atom is -0.456 e. The van der Waals surface area contributed by atoms with Crippen LogP contribution in [0.15, 0.2) is 102 Å². The molecule has 2 aliphatic heterocycles. The number of esters is 4. The van der Waals surface area contributed by atoms with E-state index in [1.54, 1.807) is 78.9 Å². The number of benzene rings is 3. The average Bonchev–Trinajstić information content (AvgIpc) is 3.34. The number of fused-ring (bicyclic) bond motifs is 5. The summed E-state index contributed by atoms with van der Waals surface area (Å²) < 4.78 is 43.1. The normalized spacial score (nSPS) is 34.8. The molecule has 0 spiro atoms. The number of ketones is 1. The van der Waals surface area contributed by atoms with Crippen molar-refractivity contribution in [3.8, 4) is 0 Å². The van der Waals surface area contributed by atoms with Gasteiger partial charge < -0.3 is 64.0 Å². The van der Waals surface area contributed by atoms with Crippen molar-refractivity contribution in [3.63, 3.8) is 0 Å². The van der Waals surface area contributed by atoms with Gasteiger partial charge in [-0.05, 0) is 54.8 Å². The zero-order valence-electron chi connectivity index (χ0n) is 40.0. The minimum atomic E-state index is -2.51. The van der Waals surface area contributed by atoms with Gasteiger partial charge in [0.15, 0.2) is 29.9 Å². The second kappa shape index (κ2) is 19.6. The summed E-state index contributed by atoms with van der Waals surface area (Å²) in [5.41, 5.74) is -7.76. The third-order valence-corrected chi connectivity index (χ3v) is 15.2. The summed E-state index contributed by atoms with van der Waals surface area (Å²) in [7, 11) is 0. The molecule has 71 heavy (non-hydrogen) atoms. The number of Topliss-reactive ketones (excluding diaryl/α,β-unsaturated/α-hetero) is 1. The van der Waals surface area contributed by atoms with Gasteiger partial charge in [-0.1, -0.05) is 80.6 Å². The number of aliphatic hydroxyl groups excluding tert-OH is 4. The van der Waals surface area contributed by atoms with Crippen molar-refractivity contribution in [1.29, 1.82) is 0 Å². The Kier molecular flexibility index (Phi) is 14.2. The van der Waals surface area contributed by atoms with Gasteiger partial charge in [0, 0.05) is 37.7 Å². The van der Waals surface area contributed by atoms with E-state index in [1.165, 1.54) is 39.8 Å². The highest BCUT2D eigenvalue weighted by Crippen LogP contribution is 2.65. The predicted octanol–water partition coefficient (Wildman–Crippen LogP) is 2.20. The van der Waals surface area contributed by atoms with Crippen molar-refractivity contribution in [2.75, 3.05) is 13.2 Å². The molecule has 2 heterocycles. The fraction of sp³-hybridized carbons (Fsp3) is 0.500. The van der Waals surface area contributed by atoms with Crippen LogP contribution in [0.5, 0.6) is 0 Å². The van der Waals surface area contributed by atoms with Crippen LogP contribution in [-0.4, -0.2) is 147 Å². The molecule has 2 bridgehead atoms. The van der Waals surface area contributed by atoms with E-state index >= 15 is 4.79 Å². The van der Waals surface area contributed by atoms with Gasteiger partial charge >= 0.3 is 23.9 Å². The van der Waals surface area contributed by atoms with Crippen LogP contribution in [0.3, 0.4) is 0 Å². The van der Waals surface area contributed by atoms with E-state index in [0.29, 0.717) is 5.56 Å². The Labute approximate surface area is 409 Å². The summed E-state index contributed by atoms with van der Waals surface area (Å²) in [6, 6.07) is 22.6. The van der Waals surface area contributed by atoms with E-state index in [0.717, 1.165) is 13.8 Å². The molecule has 19 nitrogen and oxygen atoms in total. The molecule has 3 aromatic rings. The Morgan fingerprint density at radius 1 is 0.789 bits per heavy atom. The summed E-state index contributed by atoms with van der Waals surface area (Å²) in [6.07, 6.45) is -17.9. The molecule has 15 atom stereocenters. The lowest BCUT2D eigenvalue weighted by Crippen LogP contribution is -2.82. The van der Waals surface area contributed by atoms with E-state index < -0.39 is 150 Å². The number of hydrogen-bond donors (Lipinski definition) is 6. The number of rotatable bonds is 12. The fourth-order valence-corrected chi connectivity index (χ4v) is 11.4. The highest BCUT2D eigenvalue weighted by molar-refractivity contribution is 5.96. The van der Waals surface area contributed by atoms with Gasteiger partial charge in [-0.2, -0.15) is 0 Å². The van der Waals surface area contributed by atoms with E-state index in [1.807, 2.05) is 0 Å². The van der Waals surface area contributed by atoms with E-state index in [-0.39, 0.29) is 28.7 Å². The van der Waals surface area contributed by atoms with Gasteiger partial charge in [0.25, 0.3) is 5.91 Å². The van der Waals surface area contributed by atoms with Gasteiger partial charge in [-0.15, -0.1) is 0 Å². The van der Waals surface area contributed by atoms with Crippen LogP contribution in [-0.2, 0) is 52.3 Å². The van der Waals surface area contributed by atoms with Gasteiger partial charge in [0.05, 0.1) is 42.3 Å². The molecule has 2 saturated carbocycles. The third kappa shape index (κ3) is 8.96. The molecule has 6 N–H and O–H groups in total. The first-order chi connectivity index (χ1) is 33.6. The van der Waals surface area contributed by atoms with Gasteiger partial charge in [-0.25, -0.2) is 9.59 Å². The first-order valence-electron chi connectivity index (χ1n) is 23.4. The Morgan fingerprint density at radius 3 is 1.97 bits per heavy atom. The number of carbonyl (C=O) groups is 6. The maximum Gasteiger partial charge on any atom is 0.338 e. The summed E-state index contributed by atoms with van der Waals surface area (Å²) in [5.74, 6) is -7.31. The molecular weight excluding hydrogens is 927 g/mol. The Morgan fingerprint density at radius 2 is 1.39 bits per heavy atom. The van der Waals surface area contributed by atoms with Crippen LogP contribution < -0.4 is 5.32 Å². The Hall–Kier alpha value is -5.90. The molecule has 380 valence electrons. The highest BCUT2D eigenvalue weighted by atomic mass is 16.7. The van der Waals surface area contributed by atoms with Gasteiger partial charge in [0.2, 0.25) is 0 Å². The van der Waals surface area contributed by atoms with Gasteiger partial charge in [0.1, 0.15) is 42.2 Å². The Balaban J connectivity index is 1.30. The smallest absolute Gasteiger partial charge is 0.338 e. The Bertz CT molecular complexity index is 2560. The maximum atomic E-state index is 16.2. The first-order valence-corrected chi connectivity index (χ1v) is 23.4. The van der Waals surface area contributed by atoms with E-state index in [2.05, 4.69) is 5.32 Å². The molecule has 5 aliphatic rings. The molecule has 3 aromatic carbocycles. The molecule has 3 aliphatic carbocycles. The molecule has 19 heteroatoms. The molecule has 0 unspecified atom stereocenters. The van der Waals surface area contributed by atoms with Crippen molar-refractivity contribution in [2.24, 2.45) is 16.7 Å². The molecule has 8 rings (SSSR count). The minimum absolute atomic E-state index is 0.0120.